The predicted octanol–water partition coefficient (Wildman–Crippen LogP) is 7.51. The summed E-state index contributed by atoms with van der Waals surface area (Å²) in [6.45, 7) is 5.35. The van der Waals surface area contributed by atoms with Gasteiger partial charge in [-0.2, -0.15) is 0 Å². The molecular weight excluding hydrogens is 477 g/mol. The molecule has 36 heavy (non-hydrogen) atoms. The Morgan fingerprint density at radius 3 is 1.53 bits per heavy atom. The van der Waals surface area contributed by atoms with Crippen LogP contribution in [0.15, 0.2) is 0 Å². The first kappa shape index (κ1) is 36.0. The van der Waals surface area contributed by atoms with Gasteiger partial charge in [0, 0.05) is 13.7 Å². The van der Waals surface area contributed by atoms with Crippen LogP contribution >= 0.6 is 7.82 Å². The molecule has 218 valence electrons. The van der Waals surface area contributed by atoms with Gasteiger partial charge in [-0.15, -0.1) is 0 Å². The van der Waals surface area contributed by atoms with E-state index in [1.54, 1.807) is 7.11 Å². The molecule has 0 aliphatic carbocycles. The molecule has 3 atom stereocenters. The van der Waals surface area contributed by atoms with Gasteiger partial charge in [-0.05, 0) is 13.3 Å². The van der Waals surface area contributed by atoms with Gasteiger partial charge in [-0.1, -0.05) is 103 Å². The van der Waals surface area contributed by atoms with E-state index in [4.69, 9.17) is 18.5 Å². The van der Waals surface area contributed by atoms with Gasteiger partial charge in [0.1, 0.15) is 18.8 Å². The number of rotatable bonds is 27. The Hall–Kier alpha value is -0.0100. The normalized spacial score (nSPS) is 15.6. The number of hydrogen-bond acceptors (Lipinski definition) is 5. The lowest BCUT2D eigenvalue weighted by Gasteiger charge is -2.31. The molecule has 0 fully saturated rings. The van der Waals surface area contributed by atoms with Crippen LogP contribution in [0.2, 0.25) is 0 Å². The van der Waals surface area contributed by atoms with Crippen LogP contribution < -0.4 is 0 Å². The fraction of sp³-hybridized carbons (Fsp3) is 1.00. The third-order valence-electron chi connectivity index (χ3n) is 7.00. The molecule has 1 N–H and O–H groups in total. The highest BCUT2D eigenvalue weighted by atomic mass is 31.2. The van der Waals surface area contributed by atoms with E-state index >= 15 is 0 Å². The molecule has 0 heterocycles. The van der Waals surface area contributed by atoms with E-state index in [0.717, 1.165) is 6.42 Å². The molecule has 0 spiro atoms. The van der Waals surface area contributed by atoms with Gasteiger partial charge in [-0.3, -0.25) is 9.05 Å². The predicted molar refractivity (Wildman–Crippen MR) is 150 cm³/mol. The topological polar surface area (TPSA) is 74.2 Å². The van der Waals surface area contributed by atoms with Gasteiger partial charge in [0.15, 0.2) is 0 Å². The van der Waals surface area contributed by atoms with Gasteiger partial charge in [-0.25, -0.2) is 4.57 Å². The summed E-state index contributed by atoms with van der Waals surface area (Å²) in [6.07, 6.45) is 21.2. The van der Waals surface area contributed by atoms with Crippen LogP contribution in [0.5, 0.6) is 0 Å². The molecule has 0 radical (unpaired) electrons. The number of phosphoric ester groups is 1. The summed E-state index contributed by atoms with van der Waals surface area (Å²) in [5.41, 5.74) is 0. The zero-order chi connectivity index (χ0) is 27.1. The van der Waals surface area contributed by atoms with E-state index in [2.05, 4.69) is 6.92 Å². The Morgan fingerprint density at radius 1 is 0.694 bits per heavy atom. The number of ether oxygens (including phenoxy) is 2. The molecule has 0 aliphatic heterocycles. The molecule has 0 rings (SSSR count). The Kier molecular flexibility index (Phi) is 22.9. The Bertz CT molecular complexity index is 529. The third-order valence-corrected chi connectivity index (χ3v) is 7.95. The third kappa shape index (κ3) is 23.1. The average molecular weight is 539 g/mol. The molecule has 0 aromatic heterocycles. The summed E-state index contributed by atoms with van der Waals surface area (Å²) in [6, 6.07) is 0.0651. The number of likely N-dealkylation sites (N-methyl/N-ethyl adjacent to an activating group) is 1. The van der Waals surface area contributed by atoms with Gasteiger partial charge in [0.25, 0.3) is 0 Å². The fourth-order valence-corrected chi connectivity index (χ4v) is 4.62. The minimum absolute atomic E-state index is 0.0397. The van der Waals surface area contributed by atoms with Crippen molar-refractivity contribution in [2.75, 3.05) is 54.7 Å². The lowest BCUT2D eigenvalue weighted by atomic mass is 10.0. The quantitative estimate of drug-likeness (QED) is 0.0663. The second kappa shape index (κ2) is 22.9. The average Bonchev–Trinajstić information content (AvgIpc) is 2.83. The van der Waals surface area contributed by atoms with Crippen molar-refractivity contribution in [3.05, 3.63) is 0 Å². The van der Waals surface area contributed by atoms with Crippen LogP contribution in [-0.2, 0) is 23.1 Å². The number of unbranched alkanes of at least 4 members (excludes halogenated alkanes) is 15. The van der Waals surface area contributed by atoms with Crippen molar-refractivity contribution in [3.8, 4) is 0 Å². The number of nitrogens with zero attached hydrogens (tertiary/aromatic N) is 1. The molecule has 0 aliphatic rings. The highest BCUT2D eigenvalue weighted by Crippen LogP contribution is 2.43. The van der Waals surface area contributed by atoms with Crippen molar-refractivity contribution in [1.29, 1.82) is 0 Å². The van der Waals surface area contributed by atoms with Gasteiger partial charge < -0.3 is 18.9 Å². The number of quaternary nitrogens is 1. The standard InChI is InChI=1S/C28H60NO6P/c1-7-8-9-10-11-12-13-14-15-16-17-18-19-20-21-22-23-33-25-28(32-6)26-35-36(30,31)34-24-27(2)29(3,4)5/h27-28H,7-26H2,1-6H3/p+1/t27-,28?/m0/s1. The minimum atomic E-state index is -4.11. The SMILES string of the molecule is CCCCCCCCCCCCCCCCCCOCC(COP(=O)(O)OC[C@H](C)[N+](C)(C)C)OC. The second-order valence-electron chi connectivity index (χ2n) is 11.3. The van der Waals surface area contributed by atoms with Crippen LogP contribution in [0.1, 0.15) is 117 Å². The van der Waals surface area contributed by atoms with E-state index in [1.807, 2.05) is 28.1 Å². The van der Waals surface area contributed by atoms with Crippen molar-refractivity contribution in [3.63, 3.8) is 0 Å². The highest BCUT2D eigenvalue weighted by molar-refractivity contribution is 7.47. The fourth-order valence-electron chi connectivity index (χ4n) is 3.79. The van der Waals surface area contributed by atoms with Crippen molar-refractivity contribution >= 4 is 7.82 Å². The smallest absolute Gasteiger partial charge is 0.379 e. The first-order chi connectivity index (χ1) is 17.1. The molecule has 0 aromatic carbocycles. The molecule has 0 bridgehead atoms. The summed E-state index contributed by atoms with van der Waals surface area (Å²) >= 11 is 0. The van der Waals surface area contributed by atoms with E-state index in [0.29, 0.717) is 17.7 Å². The molecular formula is C28H61NO6P+. The van der Waals surface area contributed by atoms with Crippen LogP contribution in [-0.4, -0.2) is 76.2 Å². The maximum atomic E-state index is 12.1. The van der Waals surface area contributed by atoms with Crippen molar-refractivity contribution < 1.29 is 32.5 Å². The van der Waals surface area contributed by atoms with Crippen LogP contribution in [0.3, 0.4) is 0 Å². The summed E-state index contributed by atoms with van der Waals surface area (Å²) in [5, 5.41) is 0. The van der Waals surface area contributed by atoms with Gasteiger partial charge >= 0.3 is 7.82 Å². The van der Waals surface area contributed by atoms with Gasteiger partial charge in [0.2, 0.25) is 0 Å². The van der Waals surface area contributed by atoms with E-state index in [9.17, 15) is 9.46 Å². The maximum Gasteiger partial charge on any atom is 0.472 e. The Balaban J connectivity index is 3.56. The molecule has 0 aromatic rings. The minimum Gasteiger partial charge on any atom is -0.379 e. The Morgan fingerprint density at radius 2 is 1.11 bits per heavy atom. The van der Waals surface area contributed by atoms with Crippen LogP contribution in [0.25, 0.3) is 0 Å². The first-order valence-corrected chi connectivity index (χ1v) is 16.2. The second-order valence-corrected chi connectivity index (χ2v) is 12.7. The van der Waals surface area contributed by atoms with Crippen molar-refractivity contribution in [1.82, 2.24) is 0 Å². The van der Waals surface area contributed by atoms with E-state index in [-0.39, 0.29) is 19.3 Å². The number of hydrogen-bond donors (Lipinski definition) is 1. The first-order valence-electron chi connectivity index (χ1n) is 14.7. The highest BCUT2D eigenvalue weighted by Gasteiger charge is 2.27. The van der Waals surface area contributed by atoms with Gasteiger partial charge in [0.05, 0.1) is 34.4 Å². The molecule has 0 amide bonds. The van der Waals surface area contributed by atoms with Crippen molar-refractivity contribution in [2.24, 2.45) is 0 Å². The summed E-state index contributed by atoms with van der Waals surface area (Å²) < 4.78 is 34.0. The summed E-state index contributed by atoms with van der Waals surface area (Å²) in [4.78, 5) is 9.91. The van der Waals surface area contributed by atoms with E-state index in [1.165, 1.54) is 96.3 Å². The zero-order valence-corrected chi connectivity index (χ0v) is 25.6. The van der Waals surface area contributed by atoms with E-state index < -0.39 is 13.9 Å². The van der Waals surface area contributed by atoms with Crippen LogP contribution in [0, 0.1) is 0 Å². The lowest BCUT2D eigenvalue weighted by molar-refractivity contribution is -0.894. The zero-order valence-electron chi connectivity index (χ0n) is 24.7. The number of methoxy groups -OCH3 is 1. The maximum absolute atomic E-state index is 12.1. The van der Waals surface area contributed by atoms with Crippen LogP contribution in [0.4, 0.5) is 0 Å². The molecule has 8 heteroatoms. The summed E-state index contributed by atoms with van der Waals surface area (Å²) in [5.74, 6) is 0. The Labute approximate surface area is 223 Å². The molecule has 0 saturated carbocycles. The molecule has 7 nitrogen and oxygen atoms in total. The largest absolute Gasteiger partial charge is 0.472 e. The molecule has 0 saturated heterocycles. The lowest BCUT2D eigenvalue weighted by Crippen LogP contribution is -2.45. The number of phosphoric acid groups is 1. The monoisotopic (exact) mass is 538 g/mol. The molecule has 2 unspecified atom stereocenters. The summed E-state index contributed by atoms with van der Waals surface area (Å²) in [7, 11) is 3.47. The van der Waals surface area contributed by atoms with Crippen molar-refractivity contribution in [2.45, 2.75) is 129 Å².